The van der Waals surface area contributed by atoms with Crippen LogP contribution in [0.5, 0.6) is 0 Å². The molecule has 1 aliphatic rings. The molecule has 1 fully saturated rings. The van der Waals surface area contributed by atoms with Gasteiger partial charge in [-0.3, -0.25) is 43.2 Å². The SMILES string of the molecule is Cc1ccnc(-c2cc(CCCNC(=O)c3cccc(NC(=O)/C=C/C(=O)NC/C=C/Nc4c(C)c(=O)[nH]c(=O)n4[C@H]4C[C@H](O)[C@@H](COP(=O)(O)OP(=O)(O)OP(=O)(O)O)O4)c3)ccn2)c1. The van der Waals surface area contributed by atoms with Crippen molar-refractivity contribution in [2.75, 3.05) is 30.3 Å². The van der Waals surface area contributed by atoms with E-state index in [1.54, 1.807) is 30.6 Å². The highest BCUT2D eigenvalue weighted by Gasteiger charge is 2.43. The number of ether oxygens (including phenoxy) is 1. The minimum atomic E-state index is -5.81. The fourth-order valence-corrected chi connectivity index (χ4v) is 9.15. The Balaban J connectivity index is 1.06. The second-order valence-electron chi connectivity index (χ2n) is 14.2. The summed E-state index contributed by atoms with van der Waals surface area (Å²) in [5.74, 6) is -1.79. The molecule has 354 valence electrons. The van der Waals surface area contributed by atoms with Gasteiger partial charge < -0.3 is 50.7 Å². The summed E-state index contributed by atoms with van der Waals surface area (Å²) in [6.07, 6.45) is 4.74. The van der Waals surface area contributed by atoms with Crippen molar-refractivity contribution >= 4 is 52.7 Å². The molecule has 3 amide bonds. The number of carbonyl (C=O) groups is 3. The van der Waals surface area contributed by atoms with E-state index in [0.29, 0.717) is 30.6 Å². The van der Waals surface area contributed by atoms with Gasteiger partial charge in [-0.15, -0.1) is 0 Å². The van der Waals surface area contributed by atoms with Crippen LogP contribution in [0.4, 0.5) is 11.5 Å². The smallest absolute Gasteiger partial charge is 0.390 e. The predicted octanol–water partition coefficient (Wildman–Crippen LogP) is 2.20. The highest BCUT2D eigenvalue weighted by atomic mass is 31.3. The first-order valence-electron chi connectivity index (χ1n) is 19.5. The quantitative estimate of drug-likeness (QED) is 0.0325. The van der Waals surface area contributed by atoms with E-state index in [4.69, 9.17) is 14.5 Å². The van der Waals surface area contributed by atoms with E-state index in [1.807, 2.05) is 31.2 Å². The molecule has 0 bridgehead atoms. The molecule has 2 unspecified atom stereocenters. The van der Waals surface area contributed by atoms with Crippen molar-refractivity contribution < 1.29 is 70.6 Å². The Hall–Kier alpha value is -5.78. The van der Waals surface area contributed by atoms with Crippen LogP contribution in [-0.2, 0) is 47.6 Å². The van der Waals surface area contributed by atoms with Crippen LogP contribution in [0.3, 0.4) is 0 Å². The van der Waals surface area contributed by atoms with E-state index in [-0.39, 0.29) is 30.3 Å². The first-order chi connectivity index (χ1) is 31.1. The van der Waals surface area contributed by atoms with Crippen molar-refractivity contribution in [2.45, 2.75) is 51.5 Å². The molecule has 1 aromatic carbocycles. The molecule has 0 saturated carbocycles. The number of aliphatic hydroxyl groups excluding tert-OH is 1. The number of hydrogen-bond acceptors (Lipinski definition) is 16. The van der Waals surface area contributed by atoms with Gasteiger partial charge in [0.15, 0.2) is 0 Å². The minimum Gasteiger partial charge on any atom is -0.390 e. The van der Waals surface area contributed by atoms with Gasteiger partial charge in [-0.2, -0.15) is 8.62 Å². The third-order valence-corrected chi connectivity index (χ3v) is 12.9. The number of carbonyl (C=O) groups excluding carboxylic acids is 3. The zero-order valence-corrected chi connectivity index (χ0v) is 37.6. The van der Waals surface area contributed by atoms with Gasteiger partial charge in [0, 0.05) is 61.5 Å². The third-order valence-electron chi connectivity index (χ3n) is 9.13. The van der Waals surface area contributed by atoms with Crippen LogP contribution in [-0.4, -0.2) is 93.8 Å². The summed E-state index contributed by atoms with van der Waals surface area (Å²) in [4.78, 5) is 110. The number of benzene rings is 1. The molecule has 0 aliphatic carbocycles. The largest absolute Gasteiger partial charge is 0.490 e. The Morgan fingerprint density at radius 3 is 2.36 bits per heavy atom. The Morgan fingerprint density at radius 2 is 1.64 bits per heavy atom. The van der Waals surface area contributed by atoms with Crippen molar-refractivity contribution in [3.8, 4) is 11.4 Å². The summed E-state index contributed by atoms with van der Waals surface area (Å²) >= 11 is 0. The number of aryl methyl sites for hydroxylation is 2. The van der Waals surface area contributed by atoms with E-state index >= 15 is 0 Å². The number of hydrogen-bond donors (Lipinski definition) is 10. The molecule has 5 atom stereocenters. The number of phosphoric ester groups is 1. The van der Waals surface area contributed by atoms with Crippen LogP contribution >= 0.6 is 23.5 Å². The van der Waals surface area contributed by atoms with Crippen molar-refractivity contribution in [3.63, 3.8) is 0 Å². The minimum absolute atomic E-state index is 0.0264. The summed E-state index contributed by atoms with van der Waals surface area (Å²) in [6.45, 7) is 2.61. The molecule has 4 heterocycles. The first-order valence-corrected chi connectivity index (χ1v) is 24.0. The number of pyridine rings is 2. The summed E-state index contributed by atoms with van der Waals surface area (Å²) < 4.78 is 52.9. The molecule has 1 saturated heterocycles. The normalized spacial score (nSPS) is 18.1. The number of rotatable bonds is 21. The Bertz CT molecular complexity index is 2760. The number of aromatic amines is 1. The van der Waals surface area contributed by atoms with Crippen molar-refractivity contribution in [2.24, 2.45) is 0 Å². The lowest BCUT2D eigenvalue weighted by atomic mass is 10.1. The van der Waals surface area contributed by atoms with Gasteiger partial charge in [0.1, 0.15) is 18.1 Å². The molecule has 5 rings (SSSR count). The van der Waals surface area contributed by atoms with Gasteiger partial charge in [-0.1, -0.05) is 6.07 Å². The zero-order valence-electron chi connectivity index (χ0n) is 34.9. The number of anilines is 2. The van der Waals surface area contributed by atoms with E-state index in [9.17, 15) is 52.6 Å². The monoisotopic (exact) mass is 978 g/mol. The maximum absolute atomic E-state index is 12.9. The second kappa shape index (κ2) is 22.6. The van der Waals surface area contributed by atoms with Crippen molar-refractivity contribution in [3.05, 3.63) is 128 Å². The predicted molar refractivity (Wildman–Crippen MR) is 233 cm³/mol. The topological polar surface area (TPSA) is 369 Å². The highest BCUT2D eigenvalue weighted by Crippen LogP contribution is 2.66. The molecule has 1 aliphatic heterocycles. The lowest BCUT2D eigenvalue weighted by Crippen LogP contribution is -2.36. The van der Waals surface area contributed by atoms with E-state index in [2.05, 4.69) is 49.4 Å². The molecule has 10 N–H and O–H groups in total. The van der Waals surface area contributed by atoms with Crippen LogP contribution in [0.1, 0.15) is 46.1 Å². The molecule has 25 nitrogen and oxygen atoms in total. The fourth-order valence-electron chi connectivity index (χ4n) is 6.12. The summed E-state index contributed by atoms with van der Waals surface area (Å²) in [5.41, 5.74) is 2.47. The molecule has 28 heteroatoms. The van der Waals surface area contributed by atoms with Gasteiger partial charge in [-0.05, 0) is 86.4 Å². The maximum Gasteiger partial charge on any atom is 0.490 e. The number of nitrogens with zero attached hydrogens (tertiary/aromatic N) is 3. The van der Waals surface area contributed by atoms with Crippen molar-refractivity contribution in [1.82, 2.24) is 30.2 Å². The van der Waals surface area contributed by atoms with Gasteiger partial charge in [0.05, 0.1) is 29.7 Å². The number of amides is 3. The standard InChI is InChI=1S/C38H45N8O17P3/c1-23-11-16-39-28(18-23)29-19-25(12-17-40-29)6-4-13-43-37(51)26-7-3-8-27(20-26)44-33(49)10-9-32(48)41-14-5-15-42-35-24(2)36(50)45-38(52)46(35)34-21-30(47)31(61-34)22-60-65(56,57)63-66(58,59)62-64(53,54)55/h3,5,7-12,15-20,30-31,34,42,47H,4,6,13-14,21-22H2,1-2H3,(H,41,48)(H,43,51)(H,44,49)(H,56,57)(H,58,59)(H,45,50,52)(H2,53,54,55)/b10-9+,15-5+/t30-,31+,34+/m0/s1. The number of aliphatic hydroxyl groups is 1. The average molecular weight is 979 g/mol. The summed E-state index contributed by atoms with van der Waals surface area (Å²) in [6, 6.07) is 14.0. The van der Waals surface area contributed by atoms with Gasteiger partial charge >= 0.3 is 29.2 Å². The lowest BCUT2D eigenvalue weighted by molar-refractivity contribution is -0.117. The second-order valence-corrected chi connectivity index (χ2v) is 18.7. The molecule has 66 heavy (non-hydrogen) atoms. The molecule has 4 aromatic rings. The van der Waals surface area contributed by atoms with E-state index in [0.717, 1.165) is 39.2 Å². The lowest BCUT2D eigenvalue weighted by Gasteiger charge is -2.21. The van der Waals surface area contributed by atoms with Crippen LogP contribution in [0.2, 0.25) is 0 Å². The van der Waals surface area contributed by atoms with Crippen LogP contribution < -0.4 is 32.5 Å². The molecule has 3 aromatic heterocycles. The summed E-state index contributed by atoms with van der Waals surface area (Å²) in [5, 5.41) is 21.2. The van der Waals surface area contributed by atoms with Gasteiger partial charge in [-0.25, -0.2) is 18.5 Å². The number of H-pyrrole nitrogens is 1. The molecule has 0 radical (unpaired) electrons. The highest BCUT2D eigenvalue weighted by molar-refractivity contribution is 7.66. The maximum atomic E-state index is 12.9. The van der Waals surface area contributed by atoms with Gasteiger partial charge in [0.2, 0.25) is 11.8 Å². The molecular weight excluding hydrogens is 933 g/mol. The number of aromatic nitrogens is 4. The summed E-state index contributed by atoms with van der Waals surface area (Å²) in [7, 11) is -17.0. The Labute approximate surface area is 374 Å². The van der Waals surface area contributed by atoms with Crippen LogP contribution in [0, 0.1) is 13.8 Å². The third kappa shape index (κ3) is 15.7. The van der Waals surface area contributed by atoms with E-state index in [1.165, 1.54) is 25.3 Å². The molecule has 0 spiro atoms. The number of phosphoric acid groups is 3. The van der Waals surface area contributed by atoms with E-state index < -0.39 is 71.6 Å². The Morgan fingerprint density at radius 1 is 0.924 bits per heavy atom. The first kappa shape index (κ1) is 51.2. The van der Waals surface area contributed by atoms with Crippen molar-refractivity contribution in [1.29, 1.82) is 0 Å². The Kier molecular flexibility index (Phi) is 17.5. The number of nitrogens with one attached hydrogen (secondary N) is 5. The van der Waals surface area contributed by atoms with Gasteiger partial charge in [0.25, 0.3) is 11.5 Å². The molecular formula is C38H45N8O17P3. The average Bonchev–Trinajstić information content (AvgIpc) is 3.60. The van der Waals surface area contributed by atoms with Crippen LogP contribution in [0.15, 0.2) is 94.9 Å². The fraction of sp³-hybridized carbons (Fsp3) is 0.289. The van der Waals surface area contributed by atoms with Crippen LogP contribution in [0.25, 0.3) is 11.4 Å². The zero-order chi connectivity index (χ0) is 48.2.